The fraction of sp³-hybridized carbons (Fsp3) is 0.750. The van der Waals surface area contributed by atoms with Gasteiger partial charge in [0.05, 0.1) is 13.7 Å². The molecule has 0 heterocycles. The van der Waals surface area contributed by atoms with Crippen molar-refractivity contribution in [2.75, 3.05) is 20.3 Å². The van der Waals surface area contributed by atoms with E-state index in [1.165, 1.54) is 7.11 Å². The van der Waals surface area contributed by atoms with E-state index < -0.39 is 6.09 Å². The number of amides is 1. The molecule has 0 bridgehead atoms. The van der Waals surface area contributed by atoms with Gasteiger partial charge in [-0.25, -0.2) is 4.79 Å². The molecule has 0 aromatic heterocycles. The van der Waals surface area contributed by atoms with Gasteiger partial charge in [-0.05, 0) is 0 Å². The minimum absolute atomic E-state index is 0.225. The lowest BCUT2D eigenvalue weighted by atomic mass is 10.7. The van der Waals surface area contributed by atoms with Gasteiger partial charge in [-0.15, -0.1) is 0 Å². The molecule has 0 saturated carbocycles. The molecule has 0 saturated heterocycles. The Labute approximate surface area is 53.1 Å². The van der Waals surface area contributed by atoms with Crippen LogP contribution in [0.5, 0.6) is 0 Å². The van der Waals surface area contributed by atoms with E-state index in [0.29, 0.717) is 6.54 Å². The summed E-state index contributed by atoms with van der Waals surface area (Å²) >= 11 is 0. The second-order valence-electron chi connectivity index (χ2n) is 1.27. The quantitative estimate of drug-likeness (QED) is 0.391. The highest BCUT2D eigenvalue weighted by atomic mass is 16.6. The van der Waals surface area contributed by atoms with E-state index in [1.54, 1.807) is 0 Å². The van der Waals surface area contributed by atoms with Crippen molar-refractivity contribution in [2.45, 2.75) is 0 Å². The summed E-state index contributed by atoms with van der Waals surface area (Å²) < 4.78 is 4.34. The number of nitrogens with two attached hydrogens (primary N) is 1. The number of hydrogen-bond donors (Lipinski definition) is 2. The van der Waals surface area contributed by atoms with Gasteiger partial charge in [0.25, 0.3) is 0 Å². The molecule has 9 heavy (non-hydrogen) atoms. The van der Waals surface area contributed by atoms with Gasteiger partial charge in [-0.2, -0.15) is 5.48 Å². The van der Waals surface area contributed by atoms with Crippen molar-refractivity contribution in [3.63, 3.8) is 0 Å². The Morgan fingerprint density at radius 2 is 2.44 bits per heavy atom. The number of rotatable bonds is 4. The fourth-order valence-corrected chi connectivity index (χ4v) is 0.295. The Morgan fingerprint density at radius 1 is 1.78 bits per heavy atom. The highest BCUT2D eigenvalue weighted by Crippen LogP contribution is 1.69. The molecular formula is C4H10N2O3. The highest BCUT2D eigenvalue weighted by Gasteiger charge is 1.89. The topological polar surface area (TPSA) is 73.6 Å². The van der Waals surface area contributed by atoms with Gasteiger partial charge in [0, 0.05) is 0 Å². The van der Waals surface area contributed by atoms with Crippen LogP contribution in [0.1, 0.15) is 0 Å². The summed E-state index contributed by atoms with van der Waals surface area (Å²) in [5.41, 5.74) is 7.12. The van der Waals surface area contributed by atoms with Crippen molar-refractivity contribution in [3.05, 3.63) is 0 Å². The average Bonchev–Trinajstić information content (AvgIpc) is 1.80. The van der Waals surface area contributed by atoms with Crippen LogP contribution >= 0.6 is 0 Å². The van der Waals surface area contributed by atoms with Crippen LogP contribution in [0.2, 0.25) is 0 Å². The SMILES string of the molecule is CONCCOC(N)=O. The lowest BCUT2D eigenvalue weighted by Crippen LogP contribution is -2.22. The van der Waals surface area contributed by atoms with E-state index in [-0.39, 0.29) is 6.61 Å². The van der Waals surface area contributed by atoms with Gasteiger partial charge >= 0.3 is 6.09 Å². The normalized spacial score (nSPS) is 9.00. The monoisotopic (exact) mass is 134 g/mol. The molecule has 0 aliphatic carbocycles. The molecule has 0 atom stereocenters. The van der Waals surface area contributed by atoms with E-state index in [4.69, 9.17) is 0 Å². The maximum atomic E-state index is 9.89. The number of hydrogen-bond acceptors (Lipinski definition) is 4. The number of ether oxygens (including phenoxy) is 1. The Kier molecular flexibility index (Phi) is 4.85. The van der Waals surface area contributed by atoms with E-state index in [0.717, 1.165) is 0 Å². The third-order valence-electron chi connectivity index (χ3n) is 0.593. The zero-order valence-corrected chi connectivity index (χ0v) is 5.22. The van der Waals surface area contributed by atoms with Gasteiger partial charge < -0.3 is 15.3 Å². The van der Waals surface area contributed by atoms with E-state index in [9.17, 15) is 4.79 Å². The van der Waals surface area contributed by atoms with Crippen LogP contribution in [0.4, 0.5) is 4.79 Å². The maximum Gasteiger partial charge on any atom is 0.404 e. The van der Waals surface area contributed by atoms with Gasteiger partial charge in [0.15, 0.2) is 0 Å². The molecule has 0 rings (SSSR count). The molecule has 5 heteroatoms. The molecule has 0 spiro atoms. The summed E-state index contributed by atoms with van der Waals surface area (Å²) in [6, 6.07) is 0. The number of hydroxylamine groups is 1. The summed E-state index contributed by atoms with van der Waals surface area (Å²) in [7, 11) is 1.48. The van der Waals surface area contributed by atoms with Crippen LogP contribution < -0.4 is 11.2 Å². The molecule has 54 valence electrons. The minimum Gasteiger partial charge on any atom is -0.448 e. The molecule has 0 aromatic carbocycles. The van der Waals surface area contributed by atoms with Gasteiger partial charge in [-0.3, -0.25) is 0 Å². The highest BCUT2D eigenvalue weighted by molar-refractivity contribution is 5.64. The lowest BCUT2D eigenvalue weighted by molar-refractivity contribution is 0.0716. The predicted octanol–water partition coefficient (Wildman–Crippen LogP) is -0.767. The Bertz CT molecular complexity index is 85.9. The summed E-state index contributed by atoms with van der Waals surface area (Å²) in [6.45, 7) is 0.669. The summed E-state index contributed by atoms with van der Waals surface area (Å²) in [4.78, 5) is 14.3. The lowest BCUT2D eigenvalue weighted by Gasteiger charge is -2.00. The van der Waals surface area contributed by atoms with Crippen LogP contribution in [0.3, 0.4) is 0 Å². The van der Waals surface area contributed by atoms with Gasteiger partial charge in [0.2, 0.25) is 0 Å². The van der Waals surface area contributed by atoms with Crippen LogP contribution in [0.15, 0.2) is 0 Å². The number of primary amides is 1. The van der Waals surface area contributed by atoms with Crippen molar-refractivity contribution in [2.24, 2.45) is 5.73 Å². The number of nitrogens with one attached hydrogen (secondary N) is 1. The number of carbonyl (C=O) groups is 1. The fourth-order valence-electron chi connectivity index (χ4n) is 0.295. The number of carbonyl (C=O) groups excluding carboxylic acids is 1. The van der Waals surface area contributed by atoms with E-state index in [1.807, 2.05) is 0 Å². The third-order valence-corrected chi connectivity index (χ3v) is 0.593. The Balaban J connectivity index is 2.83. The first kappa shape index (κ1) is 8.19. The Morgan fingerprint density at radius 3 is 2.89 bits per heavy atom. The van der Waals surface area contributed by atoms with Crippen molar-refractivity contribution >= 4 is 6.09 Å². The molecule has 0 aliphatic rings. The van der Waals surface area contributed by atoms with Crippen molar-refractivity contribution in [1.29, 1.82) is 0 Å². The van der Waals surface area contributed by atoms with Gasteiger partial charge in [-0.1, -0.05) is 0 Å². The van der Waals surface area contributed by atoms with Crippen molar-refractivity contribution < 1.29 is 14.4 Å². The van der Waals surface area contributed by atoms with Crippen LogP contribution in [0, 0.1) is 0 Å². The average molecular weight is 134 g/mol. The zero-order chi connectivity index (χ0) is 7.11. The second-order valence-corrected chi connectivity index (χ2v) is 1.27. The standard InChI is InChI=1S/C4H10N2O3/c1-8-6-2-3-9-4(5)7/h6H,2-3H2,1H3,(H2,5,7). The van der Waals surface area contributed by atoms with E-state index in [2.05, 4.69) is 20.8 Å². The smallest absolute Gasteiger partial charge is 0.404 e. The van der Waals surface area contributed by atoms with Crippen molar-refractivity contribution in [3.8, 4) is 0 Å². The summed E-state index contributed by atoms with van der Waals surface area (Å²) in [5, 5.41) is 0. The first-order valence-electron chi connectivity index (χ1n) is 2.45. The van der Waals surface area contributed by atoms with Crippen molar-refractivity contribution in [1.82, 2.24) is 5.48 Å². The predicted molar refractivity (Wildman–Crippen MR) is 30.5 cm³/mol. The van der Waals surface area contributed by atoms with Crippen LogP contribution in [-0.4, -0.2) is 26.4 Å². The van der Waals surface area contributed by atoms with E-state index >= 15 is 0 Å². The van der Waals surface area contributed by atoms with Crippen LogP contribution in [-0.2, 0) is 9.57 Å². The first-order chi connectivity index (χ1) is 4.27. The maximum absolute atomic E-state index is 9.89. The molecule has 0 aromatic rings. The molecule has 1 amide bonds. The molecule has 0 fully saturated rings. The largest absolute Gasteiger partial charge is 0.448 e. The minimum atomic E-state index is -0.770. The molecule has 0 aliphatic heterocycles. The molecular weight excluding hydrogens is 124 g/mol. The first-order valence-corrected chi connectivity index (χ1v) is 2.45. The summed E-state index contributed by atoms with van der Waals surface area (Å²) in [5.74, 6) is 0. The zero-order valence-electron chi connectivity index (χ0n) is 5.22. The molecule has 0 unspecified atom stereocenters. The Hall–Kier alpha value is -0.810. The molecule has 5 nitrogen and oxygen atoms in total. The van der Waals surface area contributed by atoms with Gasteiger partial charge in [0.1, 0.15) is 6.61 Å². The second kappa shape index (κ2) is 5.33. The third kappa shape index (κ3) is 7.19. The molecule has 3 N–H and O–H groups in total. The van der Waals surface area contributed by atoms with Crippen LogP contribution in [0.25, 0.3) is 0 Å². The molecule has 0 radical (unpaired) electrons. The summed E-state index contributed by atoms with van der Waals surface area (Å²) in [6.07, 6.45) is -0.770.